The number of carbonyl (C=O) groups excluding carboxylic acids is 1. The fourth-order valence-corrected chi connectivity index (χ4v) is 3.57. The van der Waals surface area contributed by atoms with Crippen LogP contribution < -0.4 is 10.4 Å². The first-order valence-corrected chi connectivity index (χ1v) is 8.99. The lowest BCUT2D eigenvalue weighted by atomic mass is 10.0. The first kappa shape index (κ1) is 17.3. The Kier molecular flexibility index (Phi) is 4.67. The molecule has 1 aromatic heterocycles. The molecule has 0 bridgehead atoms. The molecule has 0 aliphatic heterocycles. The number of esters is 1. The third kappa shape index (κ3) is 3.72. The maximum atomic E-state index is 12.2. The summed E-state index contributed by atoms with van der Waals surface area (Å²) in [6, 6.07) is 12.7. The Morgan fingerprint density at radius 1 is 1.11 bits per heavy atom. The molecule has 1 aliphatic carbocycles. The number of methoxy groups -OCH3 is 1. The third-order valence-electron chi connectivity index (χ3n) is 4.91. The van der Waals surface area contributed by atoms with Gasteiger partial charge in [0.05, 0.1) is 13.5 Å². The van der Waals surface area contributed by atoms with Gasteiger partial charge >= 0.3 is 11.6 Å². The minimum absolute atomic E-state index is 0.0453. The van der Waals surface area contributed by atoms with Gasteiger partial charge in [-0.15, -0.1) is 0 Å². The zero-order valence-electron chi connectivity index (χ0n) is 15.1. The minimum Gasteiger partial charge on any atom is -0.497 e. The van der Waals surface area contributed by atoms with Crippen LogP contribution in [0, 0.1) is 0 Å². The van der Waals surface area contributed by atoms with E-state index in [0.717, 1.165) is 30.2 Å². The molecule has 0 atom stereocenters. The smallest absolute Gasteiger partial charge is 0.336 e. The van der Waals surface area contributed by atoms with Crippen LogP contribution in [-0.4, -0.2) is 13.1 Å². The topological polar surface area (TPSA) is 65.7 Å². The van der Waals surface area contributed by atoms with Crippen LogP contribution in [0.4, 0.5) is 0 Å². The van der Waals surface area contributed by atoms with Crippen molar-refractivity contribution in [2.45, 2.75) is 32.3 Å². The van der Waals surface area contributed by atoms with Crippen molar-refractivity contribution in [2.24, 2.45) is 0 Å². The first-order chi connectivity index (χ1) is 13.1. The molecular weight excluding hydrogens is 344 g/mol. The molecule has 0 spiro atoms. The zero-order chi connectivity index (χ0) is 18.8. The van der Waals surface area contributed by atoms with Crippen LogP contribution in [0.25, 0.3) is 11.0 Å². The molecule has 2 aromatic carbocycles. The van der Waals surface area contributed by atoms with E-state index in [0.29, 0.717) is 16.9 Å². The fraction of sp³-hybridized carbons (Fsp3) is 0.273. The molecule has 5 heteroatoms. The van der Waals surface area contributed by atoms with Crippen LogP contribution in [0.2, 0.25) is 0 Å². The summed E-state index contributed by atoms with van der Waals surface area (Å²) in [7, 11) is 1.58. The predicted octanol–water partition coefficient (Wildman–Crippen LogP) is 3.58. The molecule has 5 nitrogen and oxygen atoms in total. The summed E-state index contributed by atoms with van der Waals surface area (Å²) in [5.41, 5.74) is 4.13. The Labute approximate surface area is 156 Å². The lowest BCUT2D eigenvalue weighted by Gasteiger charge is -2.09. The molecule has 138 valence electrons. The number of hydrogen-bond donors (Lipinski definition) is 0. The second-order valence-electron chi connectivity index (χ2n) is 6.75. The van der Waals surface area contributed by atoms with E-state index in [2.05, 4.69) is 6.07 Å². The van der Waals surface area contributed by atoms with Crippen molar-refractivity contribution in [2.75, 3.05) is 7.11 Å². The number of benzene rings is 2. The number of carbonyl (C=O) groups is 1. The second kappa shape index (κ2) is 7.27. The lowest BCUT2D eigenvalue weighted by molar-refractivity contribution is -0.144. The van der Waals surface area contributed by atoms with Crippen LogP contribution in [0.15, 0.2) is 51.7 Å². The van der Waals surface area contributed by atoms with Crippen LogP contribution in [0.5, 0.6) is 5.75 Å². The third-order valence-corrected chi connectivity index (χ3v) is 4.91. The predicted molar refractivity (Wildman–Crippen MR) is 101 cm³/mol. The van der Waals surface area contributed by atoms with Gasteiger partial charge in [-0.25, -0.2) is 4.79 Å². The van der Waals surface area contributed by atoms with Gasteiger partial charge in [-0.05, 0) is 60.2 Å². The van der Waals surface area contributed by atoms with Gasteiger partial charge in [0.1, 0.15) is 17.9 Å². The van der Waals surface area contributed by atoms with E-state index >= 15 is 0 Å². The molecule has 4 rings (SSSR count). The summed E-state index contributed by atoms with van der Waals surface area (Å²) in [5, 5.41) is 0.837. The second-order valence-corrected chi connectivity index (χ2v) is 6.75. The lowest BCUT2D eigenvalue weighted by Crippen LogP contribution is -2.10. The van der Waals surface area contributed by atoms with Gasteiger partial charge in [0.2, 0.25) is 0 Å². The monoisotopic (exact) mass is 364 g/mol. The highest BCUT2D eigenvalue weighted by atomic mass is 16.5. The van der Waals surface area contributed by atoms with Gasteiger partial charge in [0, 0.05) is 17.0 Å². The van der Waals surface area contributed by atoms with Crippen molar-refractivity contribution < 1.29 is 18.7 Å². The molecule has 0 N–H and O–H groups in total. The van der Waals surface area contributed by atoms with E-state index in [-0.39, 0.29) is 19.0 Å². The Morgan fingerprint density at radius 2 is 1.93 bits per heavy atom. The van der Waals surface area contributed by atoms with E-state index in [4.69, 9.17) is 13.9 Å². The molecular formula is C22H20O5. The molecule has 0 saturated heterocycles. The average Bonchev–Trinajstić information content (AvgIpc) is 3.12. The summed E-state index contributed by atoms with van der Waals surface area (Å²) in [4.78, 5) is 24.1. The molecule has 0 amide bonds. The number of ether oxygens (including phenoxy) is 2. The van der Waals surface area contributed by atoms with E-state index in [1.165, 1.54) is 17.2 Å². The summed E-state index contributed by atoms with van der Waals surface area (Å²) < 4.78 is 15.9. The summed E-state index contributed by atoms with van der Waals surface area (Å²) in [6.07, 6.45) is 3.29. The highest BCUT2D eigenvalue weighted by molar-refractivity contribution is 5.82. The molecule has 0 fully saturated rings. The van der Waals surface area contributed by atoms with E-state index in [9.17, 15) is 9.59 Å². The van der Waals surface area contributed by atoms with Gasteiger partial charge in [-0.2, -0.15) is 0 Å². The van der Waals surface area contributed by atoms with Gasteiger partial charge in [0.15, 0.2) is 0 Å². The Bertz CT molecular complexity index is 1060. The van der Waals surface area contributed by atoms with Gasteiger partial charge in [-0.3, -0.25) is 4.79 Å². The van der Waals surface area contributed by atoms with Crippen LogP contribution in [0.1, 0.15) is 28.7 Å². The maximum Gasteiger partial charge on any atom is 0.336 e. The quantitative estimate of drug-likeness (QED) is 0.511. The Hall–Kier alpha value is -3.08. The van der Waals surface area contributed by atoms with Crippen molar-refractivity contribution >= 4 is 16.9 Å². The molecule has 0 radical (unpaired) electrons. The Morgan fingerprint density at radius 3 is 2.74 bits per heavy atom. The van der Waals surface area contributed by atoms with E-state index in [1.807, 2.05) is 24.3 Å². The maximum absolute atomic E-state index is 12.2. The Balaban J connectivity index is 1.53. The highest BCUT2D eigenvalue weighted by Crippen LogP contribution is 2.28. The highest BCUT2D eigenvalue weighted by Gasteiger charge is 2.16. The molecule has 0 unspecified atom stereocenters. The normalized spacial score (nSPS) is 12.8. The fourth-order valence-electron chi connectivity index (χ4n) is 3.57. The van der Waals surface area contributed by atoms with E-state index in [1.54, 1.807) is 13.2 Å². The van der Waals surface area contributed by atoms with Crippen molar-refractivity contribution in [1.82, 2.24) is 0 Å². The molecule has 1 aliphatic rings. The van der Waals surface area contributed by atoms with Crippen molar-refractivity contribution in [3.8, 4) is 5.75 Å². The van der Waals surface area contributed by atoms with Gasteiger partial charge < -0.3 is 13.9 Å². The average molecular weight is 364 g/mol. The molecule has 3 aromatic rings. The van der Waals surface area contributed by atoms with Gasteiger partial charge in [0.25, 0.3) is 0 Å². The molecule has 1 heterocycles. The molecule has 0 saturated carbocycles. The van der Waals surface area contributed by atoms with Crippen molar-refractivity contribution in [3.63, 3.8) is 0 Å². The molecule has 27 heavy (non-hydrogen) atoms. The van der Waals surface area contributed by atoms with E-state index < -0.39 is 5.63 Å². The van der Waals surface area contributed by atoms with Crippen molar-refractivity contribution in [1.29, 1.82) is 0 Å². The number of rotatable bonds is 5. The number of hydrogen-bond acceptors (Lipinski definition) is 5. The van der Waals surface area contributed by atoms with Gasteiger partial charge in [-0.1, -0.05) is 12.1 Å². The first-order valence-electron chi connectivity index (χ1n) is 8.99. The summed E-state index contributed by atoms with van der Waals surface area (Å²) >= 11 is 0. The standard InChI is InChI=1S/C22H20O5/c1-25-18-7-2-4-14(8-18)9-21(23)26-13-17-12-22(24)27-20-11-16-6-3-5-15(16)10-19(17)20/h2,4,7-8,10-12H,3,5-6,9,13H2,1H3. The summed E-state index contributed by atoms with van der Waals surface area (Å²) in [5.74, 6) is 0.339. The number of fused-ring (bicyclic) bond motifs is 2. The van der Waals surface area contributed by atoms with Crippen LogP contribution >= 0.6 is 0 Å². The SMILES string of the molecule is COc1cccc(CC(=O)OCc2cc(=O)oc3cc4c(cc23)CCC4)c1. The van der Waals surface area contributed by atoms with Crippen LogP contribution in [-0.2, 0) is 35.4 Å². The number of aryl methyl sites for hydroxylation is 2. The van der Waals surface area contributed by atoms with Crippen LogP contribution in [0.3, 0.4) is 0 Å². The minimum atomic E-state index is -0.431. The summed E-state index contributed by atoms with van der Waals surface area (Å²) in [6.45, 7) is 0.0453. The zero-order valence-corrected chi connectivity index (χ0v) is 15.1. The largest absolute Gasteiger partial charge is 0.497 e. The van der Waals surface area contributed by atoms with Crippen molar-refractivity contribution in [3.05, 3.63) is 75.1 Å².